The number of aryl methyl sites for hydroxylation is 1. The summed E-state index contributed by atoms with van der Waals surface area (Å²) in [6, 6.07) is 9.26. The summed E-state index contributed by atoms with van der Waals surface area (Å²) in [6.07, 6.45) is 2.78. The minimum Gasteiger partial charge on any atom is -0.482 e. The van der Waals surface area contributed by atoms with E-state index in [-0.39, 0.29) is 18.1 Å². The van der Waals surface area contributed by atoms with Crippen molar-refractivity contribution in [2.75, 3.05) is 18.1 Å². The third kappa shape index (κ3) is 5.34. The Bertz CT molecular complexity index is 1000. The molecule has 1 unspecified atom stereocenters. The maximum absolute atomic E-state index is 12.1. The van der Waals surface area contributed by atoms with Crippen LogP contribution in [0.5, 0.6) is 5.75 Å². The van der Waals surface area contributed by atoms with Crippen molar-refractivity contribution in [1.29, 1.82) is 0 Å². The van der Waals surface area contributed by atoms with Crippen LogP contribution >= 0.6 is 23.2 Å². The first-order valence-electron chi connectivity index (χ1n) is 10.4. The second-order valence-corrected chi connectivity index (χ2v) is 9.43. The van der Waals surface area contributed by atoms with Crippen molar-refractivity contribution in [2.45, 2.75) is 52.5 Å². The van der Waals surface area contributed by atoms with E-state index in [9.17, 15) is 4.79 Å². The number of anilines is 1. The van der Waals surface area contributed by atoms with E-state index in [1.165, 1.54) is 11.3 Å². The maximum atomic E-state index is 12.1. The summed E-state index contributed by atoms with van der Waals surface area (Å²) in [5.74, 6) is 0.478. The zero-order valence-corrected chi connectivity index (χ0v) is 20.1. The monoisotopic (exact) mass is 461 g/mol. The number of hydrogen-bond donors (Lipinski definition) is 1. The van der Waals surface area contributed by atoms with Gasteiger partial charge in [-0.1, -0.05) is 30.1 Å². The minimum absolute atomic E-state index is 0.129. The van der Waals surface area contributed by atoms with Crippen molar-refractivity contribution in [3.8, 4) is 5.75 Å². The molecule has 0 saturated carbocycles. The molecule has 0 aromatic heterocycles. The summed E-state index contributed by atoms with van der Waals surface area (Å²) in [6.45, 7) is 11.9. The van der Waals surface area contributed by atoms with Crippen LogP contribution in [0.4, 0.5) is 5.69 Å². The number of halogens is 2. The van der Waals surface area contributed by atoms with Gasteiger partial charge in [-0.3, -0.25) is 4.79 Å². The molecule has 31 heavy (non-hydrogen) atoms. The van der Waals surface area contributed by atoms with Crippen LogP contribution in [-0.2, 0) is 4.79 Å². The summed E-state index contributed by atoms with van der Waals surface area (Å²) in [4.78, 5) is 14.6. The first kappa shape index (κ1) is 23.4. The third-order valence-corrected chi connectivity index (χ3v) is 6.27. The van der Waals surface area contributed by atoms with Crippen LogP contribution in [0.3, 0.4) is 0 Å². The summed E-state index contributed by atoms with van der Waals surface area (Å²) >= 11 is 11.9. The quantitative estimate of drug-likeness (QED) is 0.427. The number of hydrogen-bond acceptors (Lipinski definition) is 4. The molecule has 166 valence electrons. The van der Waals surface area contributed by atoms with Crippen molar-refractivity contribution in [3.05, 3.63) is 57.1 Å². The Balaban J connectivity index is 1.67. The number of nitrogens with zero attached hydrogens (tertiary/aromatic N) is 2. The predicted molar refractivity (Wildman–Crippen MR) is 129 cm³/mol. The van der Waals surface area contributed by atoms with Crippen molar-refractivity contribution in [1.82, 2.24) is 5.43 Å². The van der Waals surface area contributed by atoms with Gasteiger partial charge in [-0.15, -0.1) is 0 Å². The number of ether oxygens (including phenoxy) is 1. The summed E-state index contributed by atoms with van der Waals surface area (Å²) in [5.41, 5.74) is 7.35. The smallest absolute Gasteiger partial charge is 0.277 e. The van der Waals surface area contributed by atoms with Crippen molar-refractivity contribution in [3.63, 3.8) is 0 Å². The molecular formula is C24H29Cl2N3O2. The fourth-order valence-corrected chi connectivity index (χ4v) is 4.79. The van der Waals surface area contributed by atoms with Crippen LogP contribution in [-0.4, -0.2) is 30.8 Å². The maximum Gasteiger partial charge on any atom is 0.277 e. The van der Waals surface area contributed by atoms with Crippen molar-refractivity contribution in [2.24, 2.45) is 5.10 Å². The molecule has 0 saturated heterocycles. The minimum atomic E-state index is -0.370. The Kier molecular flexibility index (Phi) is 7.17. The van der Waals surface area contributed by atoms with Gasteiger partial charge < -0.3 is 9.64 Å². The number of carbonyl (C=O) groups is 1. The molecule has 3 rings (SSSR count). The second-order valence-electron chi connectivity index (χ2n) is 8.59. The van der Waals surface area contributed by atoms with E-state index in [0.717, 1.165) is 24.1 Å². The van der Waals surface area contributed by atoms with Crippen LogP contribution in [0.25, 0.3) is 0 Å². The van der Waals surface area contributed by atoms with Gasteiger partial charge in [0.1, 0.15) is 5.75 Å². The van der Waals surface area contributed by atoms with Crippen LogP contribution < -0.4 is 15.1 Å². The third-order valence-electron chi connectivity index (χ3n) is 5.74. The Labute approximate surface area is 194 Å². The molecular weight excluding hydrogens is 433 g/mol. The van der Waals surface area contributed by atoms with E-state index in [4.69, 9.17) is 27.9 Å². The van der Waals surface area contributed by atoms with Crippen molar-refractivity contribution >= 4 is 41.0 Å². The highest BCUT2D eigenvalue weighted by molar-refractivity contribution is 6.35. The number of nitrogens with one attached hydrogen (secondary N) is 1. The normalized spacial score (nSPS) is 17.5. The SMILES string of the molecule is CCN1c2cc(C)c(/C=N\NC(=O)COc3ccc(Cl)cc3Cl)cc2C(C)CC1(C)C. The molecule has 0 fully saturated rings. The lowest BCUT2D eigenvalue weighted by Gasteiger charge is -2.47. The van der Waals surface area contributed by atoms with E-state index >= 15 is 0 Å². The number of benzene rings is 2. The molecule has 0 aliphatic carbocycles. The van der Waals surface area contributed by atoms with Gasteiger partial charge in [0.2, 0.25) is 0 Å². The van der Waals surface area contributed by atoms with E-state index in [0.29, 0.717) is 21.7 Å². The lowest BCUT2D eigenvalue weighted by molar-refractivity contribution is -0.123. The Morgan fingerprint density at radius 1 is 1.32 bits per heavy atom. The summed E-state index contributed by atoms with van der Waals surface area (Å²) < 4.78 is 5.43. The molecule has 7 heteroatoms. The van der Waals surface area contributed by atoms with Gasteiger partial charge in [-0.2, -0.15) is 5.10 Å². The predicted octanol–water partition coefficient (Wildman–Crippen LogP) is 5.94. The van der Waals surface area contributed by atoms with Gasteiger partial charge >= 0.3 is 0 Å². The Hall–Kier alpha value is -2.24. The van der Waals surface area contributed by atoms with Gasteiger partial charge in [-0.25, -0.2) is 5.43 Å². The average Bonchev–Trinajstić information content (AvgIpc) is 2.68. The highest BCUT2D eigenvalue weighted by Gasteiger charge is 2.35. The fourth-order valence-electron chi connectivity index (χ4n) is 4.33. The molecule has 0 radical (unpaired) electrons. The molecule has 1 amide bonds. The van der Waals surface area contributed by atoms with Crippen LogP contribution in [0.2, 0.25) is 10.0 Å². The average molecular weight is 462 g/mol. The lowest BCUT2D eigenvalue weighted by Crippen LogP contribution is -2.48. The Morgan fingerprint density at radius 3 is 2.74 bits per heavy atom. The highest BCUT2D eigenvalue weighted by atomic mass is 35.5. The van der Waals surface area contributed by atoms with Crippen LogP contribution in [0, 0.1) is 6.92 Å². The number of amides is 1. The molecule has 1 aliphatic rings. The standard InChI is InChI=1S/C24H29Cl2N3O2/c1-6-29-21-9-15(2)17(10-19(21)16(3)12-24(29,4)5)13-27-28-23(30)14-31-22-8-7-18(25)11-20(22)26/h7-11,13,16H,6,12,14H2,1-5H3,(H,28,30)/b27-13-. The molecule has 5 nitrogen and oxygen atoms in total. The number of hydrazone groups is 1. The van der Waals surface area contributed by atoms with Crippen LogP contribution in [0.1, 0.15) is 56.7 Å². The zero-order chi connectivity index (χ0) is 22.8. The topological polar surface area (TPSA) is 53.9 Å². The Morgan fingerprint density at radius 2 is 2.06 bits per heavy atom. The second kappa shape index (κ2) is 9.49. The number of carbonyl (C=O) groups excluding carboxylic acids is 1. The van der Waals surface area contributed by atoms with Crippen molar-refractivity contribution < 1.29 is 9.53 Å². The number of fused-ring (bicyclic) bond motifs is 1. The molecule has 0 bridgehead atoms. The first-order valence-corrected chi connectivity index (χ1v) is 11.2. The largest absolute Gasteiger partial charge is 0.482 e. The molecule has 2 aromatic carbocycles. The number of rotatable bonds is 6. The van der Waals surface area contributed by atoms with Crippen LogP contribution in [0.15, 0.2) is 35.4 Å². The molecule has 1 atom stereocenters. The van der Waals surface area contributed by atoms with E-state index < -0.39 is 0 Å². The molecule has 2 aromatic rings. The van der Waals surface area contributed by atoms with E-state index in [1.807, 2.05) is 0 Å². The molecule has 0 spiro atoms. The molecule has 1 heterocycles. The summed E-state index contributed by atoms with van der Waals surface area (Å²) in [5, 5.41) is 4.98. The highest BCUT2D eigenvalue weighted by Crippen LogP contribution is 2.44. The van der Waals surface area contributed by atoms with Gasteiger partial charge in [0, 0.05) is 22.8 Å². The molecule has 1 N–H and O–H groups in total. The van der Waals surface area contributed by atoms with Gasteiger partial charge in [-0.05, 0) is 87.1 Å². The lowest BCUT2D eigenvalue weighted by atomic mass is 9.79. The van der Waals surface area contributed by atoms with E-state index in [1.54, 1.807) is 24.4 Å². The summed E-state index contributed by atoms with van der Waals surface area (Å²) in [7, 11) is 0. The van der Waals surface area contributed by atoms with Gasteiger partial charge in [0.15, 0.2) is 6.61 Å². The fraction of sp³-hybridized carbons (Fsp3) is 0.417. The zero-order valence-electron chi connectivity index (χ0n) is 18.6. The first-order chi connectivity index (χ1) is 14.6. The van der Waals surface area contributed by atoms with E-state index in [2.05, 4.69) is 62.2 Å². The van der Waals surface area contributed by atoms with Gasteiger partial charge in [0.25, 0.3) is 5.91 Å². The van der Waals surface area contributed by atoms with Gasteiger partial charge in [0.05, 0.1) is 11.2 Å². The molecule has 1 aliphatic heterocycles.